The number of hydrogen-bond donors (Lipinski definition) is 7. The van der Waals surface area contributed by atoms with Crippen LogP contribution in [0.25, 0.3) is 0 Å². The number of nitrogens with two attached hydrogens (primary N) is 2. The van der Waals surface area contributed by atoms with Crippen molar-refractivity contribution in [3.63, 3.8) is 0 Å². The Balaban J connectivity index is 2.15. The third-order valence-electron chi connectivity index (χ3n) is 6.65. The van der Waals surface area contributed by atoms with Crippen LogP contribution in [0.5, 0.6) is 0 Å². The van der Waals surface area contributed by atoms with Crippen molar-refractivity contribution in [1.82, 2.24) is 21.3 Å². The summed E-state index contributed by atoms with van der Waals surface area (Å²) >= 11 is 0. The van der Waals surface area contributed by atoms with Crippen molar-refractivity contribution in [2.24, 2.45) is 22.4 Å². The van der Waals surface area contributed by atoms with Gasteiger partial charge in [0.1, 0.15) is 18.1 Å². The molecule has 12 heteroatoms. The summed E-state index contributed by atoms with van der Waals surface area (Å²) in [5, 5.41) is 20.9. The van der Waals surface area contributed by atoms with E-state index in [1.165, 1.54) is 0 Å². The van der Waals surface area contributed by atoms with Gasteiger partial charge in [-0.1, -0.05) is 50.6 Å². The molecule has 0 radical (unpaired) electrons. The molecule has 12 nitrogen and oxygen atoms in total. The van der Waals surface area contributed by atoms with Crippen LogP contribution >= 0.6 is 0 Å². The first-order chi connectivity index (χ1) is 18.1. The molecule has 1 aliphatic rings. The van der Waals surface area contributed by atoms with Gasteiger partial charge in [-0.25, -0.2) is 4.79 Å². The molecule has 1 heterocycles. The van der Waals surface area contributed by atoms with Crippen LogP contribution in [0.3, 0.4) is 0 Å². The smallest absolute Gasteiger partial charge is 0.326 e. The first-order valence-corrected chi connectivity index (χ1v) is 13.1. The number of rotatable bonds is 15. The maximum absolute atomic E-state index is 13.4. The van der Waals surface area contributed by atoms with Gasteiger partial charge in [0.05, 0.1) is 6.04 Å². The molecular formula is C26H41N7O5. The van der Waals surface area contributed by atoms with Gasteiger partial charge in [-0.15, -0.1) is 0 Å². The van der Waals surface area contributed by atoms with E-state index in [0.29, 0.717) is 19.3 Å². The van der Waals surface area contributed by atoms with Gasteiger partial charge >= 0.3 is 5.97 Å². The first-order valence-electron chi connectivity index (χ1n) is 13.1. The molecule has 0 bridgehead atoms. The average molecular weight is 532 g/mol. The van der Waals surface area contributed by atoms with E-state index in [9.17, 15) is 24.3 Å². The predicted molar refractivity (Wildman–Crippen MR) is 144 cm³/mol. The standard InChI is InChI=1S/C26H41N7O5/c1-3-16(2)21(24(36)31-19(25(37)38)12-8-14-30-26(27)28)33-23(35)20(15-17-9-5-4-6-10-17)32-22(34)18-11-7-13-29-18/h4-6,9-10,16,18-21,29H,3,7-8,11-15H2,1-2H3,(H,31,36)(H,32,34)(H,33,35)(H,37,38)(H4,27,28,30). The van der Waals surface area contributed by atoms with Gasteiger partial charge in [0.25, 0.3) is 0 Å². The molecule has 1 fully saturated rings. The molecule has 9 N–H and O–H groups in total. The van der Waals surface area contributed by atoms with E-state index >= 15 is 0 Å². The second-order valence-corrected chi connectivity index (χ2v) is 9.62. The topological polar surface area (TPSA) is 201 Å². The Labute approximate surface area is 223 Å². The summed E-state index contributed by atoms with van der Waals surface area (Å²) in [6.45, 7) is 4.63. The van der Waals surface area contributed by atoms with Crippen LogP contribution in [0.4, 0.5) is 0 Å². The number of aliphatic imine (C=N–C) groups is 1. The quantitative estimate of drug-likeness (QED) is 0.0901. The summed E-state index contributed by atoms with van der Waals surface area (Å²) in [5.74, 6) is -2.98. The summed E-state index contributed by atoms with van der Waals surface area (Å²) in [7, 11) is 0. The Morgan fingerprint density at radius 3 is 2.37 bits per heavy atom. The van der Waals surface area contributed by atoms with E-state index in [0.717, 1.165) is 18.5 Å². The molecule has 5 atom stereocenters. The lowest BCUT2D eigenvalue weighted by Crippen LogP contribution is -2.59. The van der Waals surface area contributed by atoms with Crippen molar-refractivity contribution in [2.45, 2.75) is 76.5 Å². The van der Waals surface area contributed by atoms with Crippen LogP contribution in [0.2, 0.25) is 0 Å². The zero-order chi connectivity index (χ0) is 28.1. The van der Waals surface area contributed by atoms with Crippen LogP contribution in [0.1, 0.15) is 51.5 Å². The Hall–Kier alpha value is -3.67. The average Bonchev–Trinajstić information content (AvgIpc) is 3.43. The summed E-state index contributed by atoms with van der Waals surface area (Å²) in [6.07, 6.45) is 2.81. The van der Waals surface area contributed by atoms with Crippen LogP contribution in [-0.2, 0) is 25.6 Å². The Kier molecular flexibility index (Phi) is 12.5. The van der Waals surface area contributed by atoms with Gasteiger partial charge in [-0.3, -0.25) is 19.4 Å². The molecule has 1 aliphatic heterocycles. The highest BCUT2D eigenvalue weighted by Gasteiger charge is 2.33. The molecule has 1 saturated heterocycles. The SMILES string of the molecule is CCC(C)C(NC(=O)C(Cc1ccccc1)NC(=O)C1CCCN1)C(=O)NC(CCCN=C(N)N)C(=O)O. The second-order valence-electron chi connectivity index (χ2n) is 9.62. The molecule has 0 aromatic heterocycles. The molecular weight excluding hydrogens is 490 g/mol. The molecule has 38 heavy (non-hydrogen) atoms. The predicted octanol–water partition coefficient (Wildman–Crippen LogP) is -0.380. The van der Waals surface area contributed by atoms with Gasteiger partial charge in [-0.05, 0) is 43.7 Å². The highest BCUT2D eigenvalue weighted by Crippen LogP contribution is 2.12. The number of nitrogens with one attached hydrogen (secondary N) is 4. The minimum atomic E-state index is -1.20. The summed E-state index contributed by atoms with van der Waals surface area (Å²) in [5.41, 5.74) is 11.4. The van der Waals surface area contributed by atoms with Gasteiger partial charge in [0.15, 0.2) is 5.96 Å². The number of carboxylic acid groups (broad SMARTS) is 1. The van der Waals surface area contributed by atoms with Crippen molar-refractivity contribution in [3.05, 3.63) is 35.9 Å². The number of carboxylic acids is 1. The van der Waals surface area contributed by atoms with Crippen molar-refractivity contribution in [2.75, 3.05) is 13.1 Å². The van der Waals surface area contributed by atoms with E-state index in [-0.39, 0.29) is 43.2 Å². The van der Waals surface area contributed by atoms with Crippen molar-refractivity contribution in [1.29, 1.82) is 0 Å². The maximum atomic E-state index is 13.4. The molecule has 0 spiro atoms. The molecule has 2 rings (SSSR count). The Bertz CT molecular complexity index is 962. The fraction of sp³-hybridized carbons (Fsp3) is 0.577. The van der Waals surface area contributed by atoms with E-state index < -0.39 is 35.9 Å². The minimum absolute atomic E-state index is 0.0960. The maximum Gasteiger partial charge on any atom is 0.326 e. The molecule has 0 aliphatic carbocycles. The van der Waals surface area contributed by atoms with Crippen LogP contribution in [0.15, 0.2) is 35.3 Å². The van der Waals surface area contributed by atoms with Gasteiger partial charge in [0.2, 0.25) is 17.7 Å². The van der Waals surface area contributed by atoms with E-state index in [2.05, 4.69) is 26.3 Å². The molecule has 0 saturated carbocycles. The number of hydrogen-bond acceptors (Lipinski definition) is 6. The highest BCUT2D eigenvalue weighted by atomic mass is 16.4. The van der Waals surface area contributed by atoms with Gasteiger partial charge in [0, 0.05) is 13.0 Å². The Morgan fingerprint density at radius 1 is 1.08 bits per heavy atom. The van der Waals surface area contributed by atoms with E-state index in [1.807, 2.05) is 37.3 Å². The fourth-order valence-electron chi connectivity index (χ4n) is 4.22. The number of carbonyl (C=O) groups is 4. The molecule has 1 aromatic rings. The third-order valence-corrected chi connectivity index (χ3v) is 6.65. The molecule has 5 unspecified atom stereocenters. The minimum Gasteiger partial charge on any atom is -0.480 e. The summed E-state index contributed by atoms with van der Waals surface area (Å²) < 4.78 is 0. The van der Waals surface area contributed by atoms with Crippen LogP contribution in [-0.4, -0.2) is 72.0 Å². The largest absolute Gasteiger partial charge is 0.480 e. The van der Waals surface area contributed by atoms with Crippen LogP contribution in [0, 0.1) is 5.92 Å². The lowest BCUT2D eigenvalue weighted by atomic mass is 9.96. The zero-order valence-corrected chi connectivity index (χ0v) is 22.1. The van der Waals surface area contributed by atoms with Crippen molar-refractivity contribution >= 4 is 29.7 Å². The first kappa shape index (κ1) is 30.6. The summed E-state index contributed by atoms with van der Waals surface area (Å²) in [6, 6.07) is 5.82. The Morgan fingerprint density at radius 2 is 1.79 bits per heavy atom. The number of nitrogens with zero attached hydrogens (tertiary/aromatic N) is 1. The van der Waals surface area contributed by atoms with Gasteiger partial charge < -0.3 is 37.8 Å². The number of aliphatic carboxylic acids is 1. The fourth-order valence-corrected chi connectivity index (χ4v) is 4.22. The van der Waals surface area contributed by atoms with Crippen molar-refractivity contribution in [3.8, 4) is 0 Å². The number of amides is 3. The second kappa shape index (κ2) is 15.6. The van der Waals surface area contributed by atoms with Gasteiger partial charge in [-0.2, -0.15) is 0 Å². The molecule has 1 aromatic carbocycles. The highest BCUT2D eigenvalue weighted by molar-refractivity contribution is 5.94. The zero-order valence-electron chi connectivity index (χ0n) is 22.1. The van der Waals surface area contributed by atoms with Crippen LogP contribution < -0.4 is 32.7 Å². The number of benzene rings is 1. The number of guanidine groups is 1. The van der Waals surface area contributed by atoms with E-state index in [4.69, 9.17) is 11.5 Å². The van der Waals surface area contributed by atoms with Crippen molar-refractivity contribution < 1.29 is 24.3 Å². The monoisotopic (exact) mass is 531 g/mol. The lowest BCUT2D eigenvalue weighted by Gasteiger charge is -2.28. The van der Waals surface area contributed by atoms with E-state index in [1.54, 1.807) is 6.92 Å². The molecule has 210 valence electrons. The lowest BCUT2D eigenvalue weighted by molar-refractivity contribution is -0.143. The normalized spacial score (nSPS) is 17.9. The number of carbonyl (C=O) groups excluding carboxylic acids is 3. The molecule has 3 amide bonds. The summed E-state index contributed by atoms with van der Waals surface area (Å²) in [4.78, 5) is 55.1. The third kappa shape index (κ3) is 10.0.